The number of piperazine rings is 1. The molecular formula is C17H17Cl3N4O. The molecule has 5 nitrogen and oxygen atoms in total. The minimum Gasteiger partial charge on any atom is -0.369 e. The summed E-state index contributed by atoms with van der Waals surface area (Å²) in [6.45, 7) is 3.57. The number of aromatic nitrogens is 1. The number of rotatable bonds is 4. The highest BCUT2D eigenvalue weighted by atomic mass is 35.5. The second-order valence-electron chi connectivity index (χ2n) is 5.77. The number of benzene rings is 1. The predicted octanol–water partition coefficient (Wildman–Crippen LogP) is 3.80. The van der Waals surface area contributed by atoms with Gasteiger partial charge >= 0.3 is 0 Å². The number of hydrogen-bond acceptors (Lipinski definition) is 4. The number of nitrogens with one attached hydrogen (secondary N) is 1. The van der Waals surface area contributed by atoms with Crippen molar-refractivity contribution in [2.24, 2.45) is 0 Å². The van der Waals surface area contributed by atoms with E-state index in [1.807, 2.05) is 12.1 Å². The number of carbonyl (C=O) groups excluding carboxylic acids is 1. The van der Waals surface area contributed by atoms with Crippen molar-refractivity contribution in [2.45, 2.75) is 0 Å². The van der Waals surface area contributed by atoms with Crippen LogP contribution in [0.15, 0.2) is 36.5 Å². The standard InChI is InChI=1S/C17H17Cl3N4O/c18-12-1-4-16(21-10-12)22-17(25)11-23-5-7-24(8-6-23)13-2-3-14(19)15(20)9-13/h1-4,9-10H,5-8,11H2,(H,21,22,25). The molecule has 0 atom stereocenters. The van der Waals surface area contributed by atoms with Crippen LogP contribution in [0.4, 0.5) is 11.5 Å². The van der Waals surface area contributed by atoms with Crippen LogP contribution >= 0.6 is 34.8 Å². The van der Waals surface area contributed by atoms with Crippen LogP contribution in [0.25, 0.3) is 0 Å². The van der Waals surface area contributed by atoms with E-state index >= 15 is 0 Å². The van der Waals surface area contributed by atoms with Crippen molar-refractivity contribution in [1.82, 2.24) is 9.88 Å². The summed E-state index contributed by atoms with van der Waals surface area (Å²) < 4.78 is 0. The first-order valence-electron chi connectivity index (χ1n) is 7.85. The molecule has 1 aromatic heterocycles. The topological polar surface area (TPSA) is 48.5 Å². The number of nitrogens with zero attached hydrogens (tertiary/aromatic N) is 3. The molecule has 1 aromatic carbocycles. The maximum absolute atomic E-state index is 12.1. The molecule has 1 aliphatic rings. The Hall–Kier alpha value is -1.53. The van der Waals surface area contributed by atoms with Gasteiger partial charge in [-0.3, -0.25) is 9.69 Å². The van der Waals surface area contributed by atoms with Gasteiger partial charge in [-0.15, -0.1) is 0 Å². The van der Waals surface area contributed by atoms with Gasteiger partial charge in [0.2, 0.25) is 5.91 Å². The summed E-state index contributed by atoms with van der Waals surface area (Å²) >= 11 is 17.8. The van der Waals surface area contributed by atoms with E-state index in [9.17, 15) is 4.79 Å². The molecule has 25 heavy (non-hydrogen) atoms. The monoisotopic (exact) mass is 398 g/mol. The highest BCUT2D eigenvalue weighted by Crippen LogP contribution is 2.27. The van der Waals surface area contributed by atoms with Gasteiger partial charge in [-0.2, -0.15) is 0 Å². The number of pyridine rings is 1. The molecule has 0 spiro atoms. The Balaban J connectivity index is 1.49. The molecule has 0 radical (unpaired) electrons. The molecule has 1 saturated heterocycles. The molecule has 1 N–H and O–H groups in total. The van der Waals surface area contributed by atoms with E-state index in [0.717, 1.165) is 31.9 Å². The van der Waals surface area contributed by atoms with Gasteiger partial charge in [0.1, 0.15) is 5.82 Å². The van der Waals surface area contributed by atoms with Crippen LogP contribution in [0.5, 0.6) is 0 Å². The van der Waals surface area contributed by atoms with E-state index in [4.69, 9.17) is 34.8 Å². The van der Waals surface area contributed by atoms with E-state index in [1.165, 1.54) is 6.20 Å². The van der Waals surface area contributed by atoms with Crippen LogP contribution in [-0.4, -0.2) is 48.5 Å². The van der Waals surface area contributed by atoms with E-state index in [2.05, 4.69) is 20.1 Å². The summed E-state index contributed by atoms with van der Waals surface area (Å²) in [6.07, 6.45) is 1.51. The van der Waals surface area contributed by atoms with E-state index in [-0.39, 0.29) is 5.91 Å². The summed E-state index contributed by atoms with van der Waals surface area (Å²) in [4.78, 5) is 20.5. The summed E-state index contributed by atoms with van der Waals surface area (Å²) in [7, 11) is 0. The summed E-state index contributed by atoms with van der Waals surface area (Å²) in [6, 6.07) is 9.02. The third kappa shape index (κ3) is 4.98. The first-order chi connectivity index (χ1) is 12.0. The van der Waals surface area contributed by atoms with Crippen LogP contribution in [0.2, 0.25) is 15.1 Å². The molecule has 8 heteroatoms. The number of carbonyl (C=O) groups is 1. The minimum atomic E-state index is -0.0854. The second-order valence-corrected chi connectivity index (χ2v) is 7.02. The zero-order valence-corrected chi connectivity index (χ0v) is 15.7. The average Bonchev–Trinajstić information content (AvgIpc) is 2.60. The molecule has 1 aliphatic heterocycles. The van der Waals surface area contributed by atoms with Crippen molar-refractivity contribution in [3.63, 3.8) is 0 Å². The Bertz CT molecular complexity index is 746. The van der Waals surface area contributed by atoms with Gasteiger partial charge in [0.05, 0.1) is 21.6 Å². The van der Waals surface area contributed by atoms with Crippen LogP contribution in [0.1, 0.15) is 0 Å². The average molecular weight is 400 g/mol. The summed E-state index contributed by atoms with van der Waals surface area (Å²) in [5, 5.41) is 4.42. The molecular weight excluding hydrogens is 383 g/mol. The van der Waals surface area contributed by atoms with Crippen LogP contribution in [-0.2, 0) is 4.79 Å². The van der Waals surface area contributed by atoms with Crippen molar-refractivity contribution in [3.05, 3.63) is 51.6 Å². The number of anilines is 2. The van der Waals surface area contributed by atoms with Gasteiger partial charge in [0.25, 0.3) is 0 Å². The smallest absolute Gasteiger partial charge is 0.239 e. The minimum absolute atomic E-state index is 0.0854. The van der Waals surface area contributed by atoms with Crippen molar-refractivity contribution in [1.29, 1.82) is 0 Å². The number of halogens is 3. The molecule has 0 saturated carbocycles. The maximum Gasteiger partial charge on any atom is 0.239 e. The highest BCUT2D eigenvalue weighted by molar-refractivity contribution is 6.42. The summed E-state index contributed by atoms with van der Waals surface area (Å²) in [5.41, 5.74) is 1.05. The Morgan fingerprint density at radius 2 is 1.80 bits per heavy atom. The maximum atomic E-state index is 12.1. The Labute approximate surface area is 161 Å². The van der Waals surface area contributed by atoms with Crippen molar-refractivity contribution >= 4 is 52.2 Å². The zero-order valence-electron chi connectivity index (χ0n) is 13.4. The lowest BCUT2D eigenvalue weighted by Gasteiger charge is -2.35. The van der Waals surface area contributed by atoms with Crippen LogP contribution in [0.3, 0.4) is 0 Å². The van der Waals surface area contributed by atoms with Gasteiger partial charge in [-0.25, -0.2) is 4.98 Å². The third-order valence-electron chi connectivity index (χ3n) is 4.00. The Morgan fingerprint density at radius 3 is 2.44 bits per heavy atom. The van der Waals surface area contributed by atoms with Crippen LogP contribution < -0.4 is 10.2 Å². The lowest BCUT2D eigenvalue weighted by atomic mass is 10.2. The normalized spacial score (nSPS) is 15.2. The summed E-state index contributed by atoms with van der Waals surface area (Å²) in [5.74, 6) is 0.418. The third-order valence-corrected chi connectivity index (χ3v) is 4.97. The molecule has 0 bridgehead atoms. The lowest BCUT2D eigenvalue weighted by molar-refractivity contribution is -0.117. The molecule has 2 aromatic rings. The fourth-order valence-corrected chi connectivity index (χ4v) is 3.09. The molecule has 0 aliphatic carbocycles. The molecule has 3 rings (SSSR count). The first kappa shape index (κ1) is 18.3. The lowest BCUT2D eigenvalue weighted by Crippen LogP contribution is -2.48. The van der Waals surface area contributed by atoms with E-state index < -0.39 is 0 Å². The van der Waals surface area contributed by atoms with Crippen molar-refractivity contribution in [2.75, 3.05) is 42.9 Å². The fraction of sp³-hybridized carbons (Fsp3) is 0.294. The van der Waals surface area contributed by atoms with Gasteiger partial charge in [0, 0.05) is 38.1 Å². The molecule has 1 amide bonds. The van der Waals surface area contributed by atoms with Crippen molar-refractivity contribution < 1.29 is 4.79 Å². The molecule has 2 heterocycles. The van der Waals surface area contributed by atoms with E-state index in [0.29, 0.717) is 27.4 Å². The van der Waals surface area contributed by atoms with Crippen LogP contribution in [0, 0.1) is 0 Å². The van der Waals surface area contributed by atoms with Gasteiger partial charge in [0.15, 0.2) is 0 Å². The zero-order chi connectivity index (χ0) is 17.8. The SMILES string of the molecule is O=C(CN1CCN(c2ccc(Cl)c(Cl)c2)CC1)Nc1ccc(Cl)cn1. The van der Waals surface area contributed by atoms with Crippen molar-refractivity contribution in [3.8, 4) is 0 Å². The van der Waals surface area contributed by atoms with E-state index in [1.54, 1.807) is 18.2 Å². The Kier molecular flexibility index (Phi) is 6.02. The number of amides is 1. The number of hydrogen-bond donors (Lipinski definition) is 1. The predicted molar refractivity (Wildman–Crippen MR) is 103 cm³/mol. The largest absolute Gasteiger partial charge is 0.369 e. The van der Waals surface area contributed by atoms with Gasteiger partial charge in [-0.05, 0) is 30.3 Å². The fourth-order valence-electron chi connectivity index (χ4n) is 2.68. The van der Waals surface area contributed by atoms with Gasteiger partial charge < -0.3 is 10.2 Å². The molecule has 1 fully saturated rings. The van der Waals surface area contributed by atoms with Gasteiger partial charge in [-0.1, -0.05) is 34.8 Å². The Morgan fingerprint density at radius 1 is 1.04 bits per heavy atom. The first-order valence-corrected chi connectivity index (χ1v) is 8.98. The highest BCUT2D eigenvalue weighted by Gasteiger charge is 2.19. The second kappa shape index (κ2) is 8.23. The molecule has 132 valence electrons. The molecule has 0 unspecified atom stereocenters. The quantitative estimate of drug-likeness (QED) is 0.849.